The van der Waals surface area contributed by atoms with Crippen molar-refractivity contribution in [3.63, 3.8) is 0 Å². The first-order valence-corrected chi connectivity index (χ1v) is 8.69. The molecule has 0 aromatic heterocycles. The quantitative estimate of drug-likeness (QED) is 0.846. The van der Waals surface area contributed by atoms with E-state index in [1.54, 1.807) is 0 Å². The zero-order chi connectivity index (χ0) is 17.9. The lowest BCUT2D eigenvalue weighted by molar-refractivity contribution is 0.0696. The van der Waals surface area contributed by atoms with Gasteiger partial charge in [0.1, 0.15) is 5.75 Å². The number of carboxylic acids is 1. The molecule has 2 aromatic carbocycles. The van der Waals surface area contributed by atoms with Gasteiger partial charge in [0.05, 0.1) is 17.6 Å². The summed E-state index contributed by atoms with van der Waals surface area (Å²) in [5.41, 5.74) is 0.514. The highest BCUT2D eigenvalue weighted by molar-refractivity contribution is 7.89. The van der Waals surface area contributed by atoms with Gasteiger partial charge in [-0.15, -0.1) is 0 Å². The van der Waals surface area contributed by atoms with Gasteiger partial charge in [-0.25, -0.2) is 13.2 Å². The Balaban J connectivity index is 2.34. The zero-order valence-electron chi connectivity index (χ0n) is 13.1. The summed E-state index contributed by atoms with van der Waals surface area (Å²) >= 11 is 5.78. The average Bonchev–Trinajstić information content (AvgIpc) is 2.55. The number of hydrogen-bond acceptors (Lipinski definition) is 4. The number of benzene rings is 2. The highest BCUT2D eigenvalue weighted by Gasteiger charge is 2.22. The highest BCUT2D eigenvalue weighted by Crippen LogP contribution is 2.24. The van der Waals surface area contributed by atoms with Crippen LogP contribution in [0.25, 0.3) is 0 Å². The van der Waals surface area contributed by atoms with Crippen molar-refractivity contribution in [2.45, 2.75) is 11.4 Å². The monoisotopic (exact) mass is 369 g/mol. The molecule has 6 nitrogen and oxygen atoms in total. The van der Waals surface area contributed by atoms with Crippen molar-refractivity contribution in [1.29, 1.82) is 0 Å². The number of aromatic carboxylic acids is 1. The lowest BCUT2D eigenvalue weighted by Gasteiger charge is -2.19. The molecule has 0 unspecified atom stereocenters. The minimum atomic E-state index is -3.74. The van der Waals surface area contributed by atoms with Crippen LogP contribution in [0.2, 0.25) is 5.02 Å². The first-order chi connectivity index (χ1) is 11.3. The molecule has 24 heavy (non-hydrogen) atoms. The van der Waals surface area contributed by atoms with Crippen LogP contribution in [0.5, 0.6) is 5.75 Å². The Morgan fingerprint density at radius 2 is 1.83 bits per heavy atom. The smallest absolute Gasteiger partial charge is 0.335 e. The third-order valence-corrected chi connectivity index (χ3v) is 5.51. The first-order valence-electron chi connectivity index (χ1n) is 6.88. The minimum absolute atomic E-state index is 0.0325. The van der Waals surface area contributed by atoms with Gasteiger partial charge in [0.2, 0.25) is 10.0 Å². The summed E-state index contributed by atoms with van der Waals surface area (Å²) in [6, 6.07) is 10.1. The Kier molecular flexibility index (Phi) is 5.48. The Labute approximate surface area is 145 Å². The molecule has 0 saturated heterocycles. The predicted octanol–water partition coefficient (Wildman–Crippen LogP) is 2.87. The van der Waals surface area contributed by atoms with Gasteiger partial charge in [-0.1, -0.05) is 11.6 Å². The van der Waals surface area contributed by atoms with Crippen LogP contribution in [0.1, 0.15) is 15.9 Å². The lowest BCUT2D eigenvalue weighted by atomic mass is 10.1. The number of rotatable bonds is 6. The molecule has 2 rings (SSSR count). The van der Waals surface area contributed by atoms with Crippen LogP contribution in [-0.2, 0) is 16.6 Å². The Hall–Kier alpha value is -2.09. The zero-order valence-corrected chi connectivity index (χ0v) is 14.6. The van der Waals surface area contributed by atoms with Crippen molar-refractivity contribution in [3.8, 4) is 5.75 Å². The molecule has 0 amide bonds. The van der Waals surface area contributed by atoms with Crippen molar-refractivity contribution in [3.05, 3.63) is 58.6 Å². The van der Waals surface area contributed by atoms with Crippen LogP contribution < -0.4 is 4.74 Å². The molecule has 8 heteroatoms. The van der Waals surface area contributed by atoms with Crippen molar-refractivity contribution in [2.75, 3.05) is 14.2 Å². The molecule has 0 spiro atoms. The topological polar surface area (TPSA) is 83.9 Å². The van der Waals surface area contributed by atoms with Crippen LogP contribution in [0, 0.1) is 0 Å². The Morgan fingerprint density at radius 1 is 1.21 bits per heavy atom. The molecular formula is C16H16ClNO5S. The molecule has 1 N–H and O–H groups in total. The fourth-order valence-corrected chi connectivity index (χ4v) is 3.42. The molecular weight excluding hydrogens is 354 g/mol. The van der Waals surface area contributed by atoms with Gasteiger partial charge < -0.3 is 9.84 Å². The van der Waals surface area contributed by atoms with E-state index in [0.717, 1.165) is 4.31 Å². The molecule has 0 saturated carbocycles. The minimum Gasteiger partial charge on any atom is -0.496 e. The van der Waals surface area contributed by atoms with Gasteiger partial charge in [0, 0.05) is 24.2 Å². The first kappa shape index (κ1) is 18.3. The summed E-state index contributed by atoms with van der Waals surface area (Å²) in [5.74, 6) is -0.680. The van der Waals surface area contributed by atoms with Crippen molar-refractivity contribution in [2.24, 2.45) is 0 Å². The summed E-state index contributed by atoms with van der Waals surface area (Å²) in [7, 11) is -0.889. The number of methoxy groups -OCH3 is 1. The molecule has 0 fully saturated rings. The number of sulfonamides is 1. The summed E-state index contributed by atoms with van der Waals surface area (Å²) in [6.45, 7) is -0.0325. The van der Waals surface area contributed by atoms with E-state index in [1.807, 2.05) is 0 Å². The maximum absolute atomic E-state index is 12.6. The second kappa shape index (κ2) is 7.21. The SMILES string of the molecule is COc1ccc(C(=O)O)cc1CN(C)S(=O)(=O)c1ccc(Cl)cc1. The van der Waals surface area contributed by atoms with Crippen molar-refractivity contribution in [1.82, 2.24) is 4.31 Å². The number of carboxylic acid groups (broad SMARTS) is 1. The average molecular weight is 370 g/mol. The van der Waals surface area contributed by atoms with Crippen LogP contribution in [0.3, 0.4) is 0 Å². The van der Waals surface area contributed by atoms with Gasteiger partial charge in [-0.05, 0) is 42.5 Å². The maximum atomic E-state index is 12.6. The van der Waals surface area contributed by atoms with Gasteiger partial charge in [-0.3, -0.25) is 0 Å². The molecule has 128 valence electrons. The van der Waals surface area contributed by atoms with E-state index < -0.39 is 16.0 Å². The van der Waals surface area contributed by atoms with Gasteiger partial charge in [0.15, 0.2) is 0 Å². The third-order valence-electron chi connectivity index (χ3n) is 3.44. The number of halogens is 1. The van der Waals surface area contributed by atoms with Crippen molar-refractivity contribution >= 4 is 27.6 Å². The summed E-state index contributed by atoms with van der Waals surface area (Å²) in [5, 5.41) is 9.52. The standard InChI is InChI=1S/C16H16ClNO5S/c1-18(24(21,22)14-6-4-13(17)5-7-14)10-12-9-11(16(19)20)3-8-15(12)23-2/h3-9H,10H2,1-2H3,(H,19,20). The normalized spacial score (nSPS) is 11.5. The van der Waals surface area contributed by atoms with E-state index in [1.165, 1.54) is 56.6 Å². The summed E-state index contributed by atoms with van der Waals surface area (Å²) in [4.78, 5) is 11.2. The molecule has 0 aliphatic heterocycles. The van der Waals surface area contributed by atoms with Crippen LogP contribution in [0.4, 0.5) is 0 Å². The number of hydrogen-bond donors (Lipinski definition) is 1. The van der Waals surface area contributed by atoms with E-state index in [9.17, 15) is 13.2 Å². The second-order valence-corrected chi connectivity index (χ2v) is 7.53. The Morgan fingerprint density at radius 3 is 2.38 bits per heavy atom. The molecule has 2 aromatic rings. The summed E-state index contributed by atoms with van der Waals surface area (Å²) in [6.07, 6.45) is 0. The van der Waals surface area contributed by atoms with Crippen molar-refractivity contribution < 1.29 is 23.1 Å². The van der Waals surface area contributed by atoms with Crippen LogP contribution in [-0.4, -0.2) is 38.0 Å². The van der Waals surface area contributed by atoms with E-state index in [0.29, 0.717) is 16.3 Å². The van der Waals surface area contributed by atoms with Crippen LogP contribution >= 0.6 is 11.6 Å². The number of ether oxygens (including phenoxy) is 1. The molecule has 0 aliphatic rings. The molecule has 0 bridgehead atoms. The fourth-order valence-electron chi connectivity index (χ4n) is 2.15. The molecule has 0 atom stereocenters. The van der Waals surface area contributed by atoms with Crippen LogP contribution in [0.15, 0.2) is 47.4 Å². The number of carbonyl (C=O) groups is 1. The largest absolute Gasteiger partial charge is 0.496 e. The van der Waals surface area contributed by atoms with E-state index >= 15 is 0 Å². The third kappa shape index (κ3) is 3.87. The van der Waals surface area contributed by atoms with E-state index in [2.05, 4.69) is 0 Å². The lowest BCUT2D eigenvalue weighted by Crippen LogP contribution is -2.26. The van der Waals surface area contributed by atoms with E-state index in [4.69, 9.17) is 21.4 Å². The molecule has 0 heterocycles. The second-order valence-electron chi connectivity index (χ2n) is 5.05. The van der Waals surface area contributed by atoms with Gasteiger partial charge in [0.25, 0.3) is 0 Å². The van der Waals surface area contributed by atoms with E-state index in [-0.39, 0.29) is 17.0 Å². The summed E-state index contributed by atoms with van der Waals surface area (Å²) < 4.78 is 31.5. The highest BCUT2D eigenvalue weighted by atomic mass is 35.5. The molecule has 0 aliphatic carbocycles. The van der Waals surface area contributed by atoms with Gasteiger partial charge >= 0.3 is 5.97 Å². The number of nitrogens with zero attached hydrogens (tertiary/aromatic N) is 1. The van der Waals surface area contributed by atoms with Gasteiger partial charge in [-0.2, -0.15) is 4.31 Å². The maximum Gasteiger partial charge on any atom is 0.335 e. The predicted molar refractivity (Wildman–Crippen MR) is 90.1 cm³/mol. The fraction of sp³-hybridized carbons (Fsp3) is 0.188. The molecule has 0 radical (unpaired) electrons. The Bertz CT molecular complexity index is 849.